The number of benzene rings is 1. The first-order chi connectivity index (χ1) is 9.77. The molecule has 21 heavy (non-hydrogen) atoms. The van der Waals surface area contributed by atoms with E-state index in [4.69, 9.17) is 0 Å². The zero-order chi connectivity index (χ0) is 15.6. The molecule has 1 aromatic heterocycles. The quantitative estimate of drug-likeness (QED) is 0.862. The van der Waals surface area contributed by atoms with Gasteiger partial charge in [-0.25, -0.2) is 0 Å². The third-order valence-corrected chi connectivity index (χ3v) is 3.35. The molecule has 0 aliphatic carbocycles. The second kappa shape index (κ2) is 5.85. The molecular formula is C14H10BrF3N2O. The van der Waals surface area contributed by atoms with E-state index in [-0.39, 0.29) is 10.0 Å². The number of hydrogen-bond acceptors (Lipinski definition) is 2. The minimum absolute atomic E-state index is 0.0839. The molecule has 3 nitrogen and oxygen atoms in total. The zero-order valence-electron chi connectivity index (χ0n) is 10.8. The van der Waals surface area contributed by atoms with Gasteiger partial charge >= 0.3 is 6.18 Å². The van der Waals surface area contributed by atoms with E-state index in [1.165, 1.54) is 6.20 Å². The van der Waals surface area contributed by atoms with Gasteiger partial charge in [-0.15, -0.1) is 0 Å². The van der Waals surface area contributed by atoms with Crippen molar-refractivity contribution >= 4 is 27.5 Å². The number of halogens is 4. The lowest BCUT2D eigenvalue weighted by molar-refractivity contribution is -0.137. The lowest BCUT2D eigenvalue weighted by Crippen LogP contribution is -2.14. The molecule has 0 aliphatic heterocycles. The molecule has 7 heteroatoms. The Labute approximate surface area is 127 Å². The highest BCUT2D eigenvalue weighted by molar-refractivity contribution is 9.10. The Balaban J connectivity index is 2.24. The number of nitrogens with one attached hydrogen (secondary N) is 1. The lowest BCUT2D eigenvalue weighted by atomic mass is 10.1. The molecule has 1 amide bonds. The number of amides is 1. The summed E-state index contributed by atoms with van der Waals surface area (Å²) in [4.78, 5) is 16.1. The van der Waals surface area contributed by atoms with E-state index in [2.05, 4.69) is 26.2 Å². The molecule has 0 bridgehead atoms. The SMILES string of the molecule is Cc1cc(NC(=O)c2ccc(C(F)(F)F)cc2Br)ccn1. The monoisotopic (exact) mass is 358 g/mol. The molecule has 0 spiro atoms. The number of carbonyl (C=O) groups is 1. The largest absolute Gasteiger partial charge is 0.416 e. The Hall–Kier alpha value is -1.89. The molecule has 1 N–H and O–H groups in total. The Bertz CT molecular complexity index is 686. The van der Waals surface area contributed by atoms with Crippen LogP contribution in [0.15, 0.2) is 41.0 Å². The van der Waals surface area contributed by atoms with Crippen molar-refractivity contribution in [2.75, 3.05) is 5.32 Å². The van der Waals surface area contributed by atoms with Crippen LogP contribution in [0.4, 0.5) is 18.9 Å². The Morgan fingerprint density at radius 1 is 1.24 bits per heavy atom. The fourth-order valence-electron chi connectivity index (χ4n) is 1.70. The Morgan fingerprint density at radius 2 is 1.95 bits per heavy atom. The first-order valence-electron chi connectivity index (χ1n) is 5.88. The molecule has 1 heterocycles. The predicted octanol–water partition coefficient (Wildman–Crippen LogP) is 4.42. The van der Waals surface area contributed by atoms with Crippen molar-refractivity contribution in [1.82, 2.24) is 4.98 Å². The number of rotatable bonds is 2. The van der Waals surface area contributed by atoms with Gasteiger partial charge < -0.3 is 5.32 Å². The summed E-state index contributed by atoms with van der Waals surface area (Å²) in [5, 5.41) is 2.61. The van der Waals surface area contributed by atoms with Gasteiger partial charge in [-0.05, 0) is 53.2 Å². The van der Waals surface area contributed by atoms with Gasteiger partial charge in [0, 0.05) is 22.1 Å². The van der Waals surface area contributed by atoms with Gasteiger partial charge in [-0.2, -0.15) is 13.2 Å². The van der Waals surface area contributed by atoms with Crippen LogP contribution in [0.3, 0.4) is 0 Å². The van der Waals surface area contributed by atoms with Gasteiger partial charge in [0.25, 0.3) is 5.91 Å². The average Bonchev–Trinajstić information content (AvgIpc) is 2.37. The van der Waals surface area contributed by atoms with Crippen LogP contribution in [-0.4, -0.2) is 10.9 Å². The Morgan fingerprint density at radius 3 is 2.52 bits per heavy atom. The van der Waals surface area contributed by atoms with Crippen molar-refractivity contribution in [1.29, 1.82) is 0 Å². The van der Waals surface area contributed by atoms with Crippen molar-refractivity contribution in [3.8, 4) is 0 Å². The molecule has 0 fully saturated rings. The number of nitrogens with zero attached hydrogens (tertiary/aromatic N) is 1. The van der Waals surface area contributed by atoms with Gasteiger partial charge in [0.05, 0.1) is 11.1 Å². The predicted molar refractivity (Wildman–Crippen MR) is 76.1 cm³/mol. The molecule has 2 rings (SSSR count). The number of alkyl halides is 3. The van der Waals surface area contributed by atoms with Crippen LogP contribution in [0, 0.1) is 6.92 Å². The fourth-order valence-corrected chi connectivity index (χ4v) is 2.26. The third-order valence-electron chi connectivity index (χ3n) is 2.70. The number of aryl methyl sites for hydroxylation is 1. The zero-order valence-corrected chi connectivity index (χ0v) is 12.4. The third kappa shape index (κ3) is 3.81. The van der Waals surface area contributed by atoms with Crippen LogP contribution >= 0.6 is 15.9 Å². The van der Waals surface area contributed by atoms with E-state index in [9.17, 15) is 18.0 Å². The molecule has 0 saturated heterocycles. The van der Waals surface area contributed by atoms with Crippen LogP contribution in [0.25, 0.3) is 0 Å². The van der Waals surface area contributed by atoms with Crippen molar-refractivity contribution in [2.45, 2.75) is 13.1 Å². The summed E-state index contributed by atoms with van der Waals surface area (Å²) in [5.74, 6) is -0.499. The van der Waals surface area contributed by atoms with E-state index >= 15 is 0 Å². The van der Waals surface area contributed by atoms with Gasteiger partial charge in [0.2, 0.25) is 0 Å². The molecule has 2 aromatic rings. The lowest BCUT2D eigenvalue weighted by Gasteiger charge is -2.10. The second-order valence-electron chi connectivity index (χ2n) is 4.33. The average molecular weight is 359 g/mol. The minimum atomic E-state index is -4.44. The summed E-state index contributed by atoms with van der Waals surface area (Å²) >= 11 is 2.99. The molecule has 110 valence electrons. The highest BCUT2D eigenvalue weighted by Crippen LogP contribution is 2.32. The highest BCUT2D eigenvalue weighted by atomic mass is 79.9. The maximum atomic E-state index is 12.6. The number of pyridine rings is 1. The van der Waals surface area contributed by atoms with Crippen molar-refractivity contribution in [2.24, 2.45) is 0 Å². The van der Waals surface area contributed by atoms with Crippen molar-refractivity contribution in [3.05, 3.63) is 57.8 Å². The number of carbonyl (C=O) groups excluding carboxylic acids is 1. The van der Waals surface area contributed by atoms with Gasteiger partial charge in [-0.3, -0.25) is 9.78 Å². The molecule has 0 radical (unpaired) electrons. The molecule has 0 saturated carbocycles. The maximum Gasteiger partial charge on any atom is 0.416 e. The van der Waals surface area contributed by atoms with E-state index in [1.807, 2.05) is 0 Å². The van der Waals surface area contributed by atoms with Gasteiger partial charge in [-0.1, -0.05) is 0 Å². The second-order valence-corrected chi connectivity index (χ2v) is 5.19. The molecular weight excluding hydrogens is 349 g/mol. The Kier molecular flexibility index (Phi) is 4.32. The van der Waals surface area contributed by atoms with Crippen LogP contribution in [0.1, 0.15) is 21.6 Å². The highest BCUT2D eigenvalue weighted by Gasteiger charge is 2.31. The number of hydrogen-bond donors (Lipinski definition) is 1. The van der Waals surface area contributed by atoms with Crippen LogP contribution in [0.5, 0.6) is 0 Å². The summed E-state index contributed by atoms with van der Waals surface area (Å²) in [6.07, 6.45) is -2.91. The van der Waals surface area contributed by atoms with Crippen LogP contribution in [0.2, 0.25) is 0 Å². The van der Waals surface area contributed by atoms with Gasteiger partial charge in [0.15, 0.2) is 0 Å². The standard InChI is InChI=1S/C14H10BrF3N2O/c1-8-6-10(4-5-19-8)20-13(21)11-3-2-9(7-12(11)15)14(16,17)18/h2-7H,1H3,(H,19,20,21). The summed E-state index contributed by atoms with van der Waals surface area (Å²) in [6, 6.07) is 6.15. The van der Waals surface area contributed by atoms with E-state index < -0.39 is 17.6 Å². The first-order valence-corrected chi connectivity index (χ1v) is 6.67. The van der Waals surface area contributed by atoms with E-state index in [0.29, 0.717) is 5.69 Å². The van der Waals surface area contributed by atoms with E-state index in [1.54, 1.807) is 19.1 Å². The summed E-state index contributed by atoms with van der Waals surface area (Å²) in [7, 11) is 0. The number of anilines is 1. The van der Waals surface area contributed by atoms with Crippen LogP contribution in [-0.2, 0) is 6.18 Å². The molecule has 0 unspecified atom stereocenters. The first kappa shape index (κ1) is 15.5. The summed E-state index contributed by atoms with van der Waals surface area (Å²) in [5.41, 5.74) is 0.557. The van der Waals surface area contributed by atoms with E-state index in [0.717, 1.165) is 23.9 Å². The molecule has 0 atom stereocenters. The normalized spacial score (nSPS) is 11.3. The smallest absolute Gasteiger partial charge is 0.322 e. The maximum absolute atomic E-state index is 12.6. The fraction of sp³-hybridized carbons (Fsp3) is 0.143. The molecule has 0 aliphatic rings. The minimum Gasteiger partial charge on any atom is -0.322 e. The van der Waals surface area contributed by atoms with Gasteiger partial charge in [0.1, 0.15) is 0 Å². The molecule has 1 aromatic carbocycles. The summed E-state index contributed by atoms with van der Waals surface area (Å²) < 4.78 is 37.8. The summed E-state index contributed by atoms with van der Waals surface area (Å²) in [6.45, 7) is 1.77. The topological polar surface area (TPSA) is 42.0 Å². The number of aromatic nitrogens is 1. The van der Waals surface area contributed by atoms with Crippen molar-refractivity contribution < 1.29 is 18.0 Å². The van der Waals surface area contributed by atoms with Crippen molar-refractivity contribution in [3.63, 3.8) is 0 Å². The van der Waals surface area contributed by atoms with Crippen LogP contribution < -0.4 is 5.32 Å².